The molecule has 188 valence electrons. The Hall–Kier alpha value is -3.87. The highest BCUT2D eigenvalue weighted by atomic mass is 19.1. The van der Waals surface area contributed by atoms with Crippen LogP contribution in [0.2, 0.25) is 0 Å². The van der Waals surface area contributed by atoms with Crippen LogP contribution >= 0.6 is 0 Å². The lowest BCUT2D eigenvalue weighted by Crippen LogP contribution is -2.25. The van der Waals surface area contributed by atoms with E-state index in [4.69, 9.17) is 9.47 Å². The van der Waals surface area contributed by atoms with Crippen LogP contribution in [-0.4, -0.2) is 30.2 Å². The van der Waals surface area contributed by atoms with Crippen molar-refractivity contribution in [3.8, 4) is 11.5 Å². The van der Waals surface area contributed by atoms with E-state index in [1.807, 2.05) is 18.2 Å². The lowest BCUT2D eigenvalue weighted by atomic mass is 9.82. The van der Waals surface area contributed by atoms with Crippen LogP contribution in [0.3, 0.4) is 0 Å². The molecule has 0 saturated heterocycles. The molecule has 0 aromatic heterocycles. The van der Waals surface area contributed by atoms with Crippen LogP contribution in [-0.2, 0) is 27.2 Å². The summed E-state index contributed by atoms with van der Waals surface area (Å²) in [5.41, 5.74) is 2.94. The van der Waals surface area contributed by atoms with Crippen molar-refractivity contribution in [1.82, 2.24) is 0 Å². The van der Waals surface area contributed by atoms with Gasteiger partial charge in [-0.05, 0) is 78.6 Å². The maximum atomic E-state index is 13.8. The zero-order chi connectivity index (χ0) is 25.5. The van der Waals surface area contributed by atoms with Crippen LogP contribution in [0.1, 0.15) is 48.3 Å². The highest BCUT2D eigenvalue weighted by Crippen LogP contribution is 2.35. The van der Waals surface area contributed by atoms with E-state index >= 15 is 0 Å². The molecule has 0 spiro atoms. The Bertz CT molecular complexity index is 1220. The Balaban J connectivity index is 1.28. The number of hydrogen-bond donors (Lipinski definition) is 2. The molecule has 0 unspecified atom stereocenters. The number of halogens is 1. The molecule has 0 radical (unpaired) electrons. The van der Waals surface area contributed by atoms with E-state index in [0.29, 0.717) is 17.2 Å². The Kier molecular flexibility index (Phi) is 8.21. The number of rotatable bonds is 8. The summed E-state index contributed by atoms with van der Waals surface area (Å²) in [6, 6.07) is 18.9. The number of nitrogens with one attached hydrogen (secondary N) is 1. The zero-order valence-electron chi connectivity index (χ0n) is 20.2. The van der Waals surface area contributed by atoms with Crippen LogP contribution in [0.4, 0.5) is 10.1 Å². The number of methoxy groups -OCH3 is 1. The first kappa shape index (κ1) is 25.2. The number of anilines is 1. The number of aromatic hydroxyl groups is 1. The van der Waals surface area contributed by atoms with Crippen molar-refractivity contribution in [3.05, 3.63) is 89.2 Å². The summed E-state index contributed by atoms with van der Waals surface area (Å²) in [4.78, 5) is 24.8. The summed E-state index contributed by atoms with van der Waals surface area (Å²) in [5, 5.41) is 12.7. The van der Waals surface area contributed by atoms with E-state index < -0.39 is 11.8 Å². The Morgan fingerprint density at radius 1 is 0.972 bits per heavy atom. The van der Waals surface area contributed by atoms with Crippen LogP contribution in [0.5, 0.6) is 11.5 Å². The Labute approximate surface area is 210 Å². The van der Waals surface area contributed by atoms with Gasteiger partial charge in [-0.25, -0.2) is 4.39 Å². The third kappa shape index (κ3) is 6.62. The third-order valence-corrected chi connectivity index (χ3v) is 6.52. The van der Waals surface area contributed by atoms with E-state index in [1.54, 1.807) is 30.3 Å². The second kappa shape index (κ2) is 11.7. The van der Waals surface area contributed by atoms with Gasteiger partial charge in [0.15, 0.2) is 11.5 Å². The molecule has 1 saturated carbocycles. The zero-order valence-corrected chi connectivity index (χ0v) is 20.2. The molecule has 6 nitrogen and oxygen atoms in total. The number of carbonyl (C=O) groups is 2. The van der Waals surface area contributed by atoms with Gasteiger partial charge in [-0.2, -0.15) is 0 Å². The van der Waals surface area contributed by atoms with E-state index in [9.17, 15) is 19.1 Å². The predicted molar refractivity (Wildman–Crippen MR) is 135 cm³/mol. The quantitative estimate of drug-likeness (QED) is 0.405. The highest BCUT2D eigenvalue weighted by molar-refractivity contribution is 5.92. The number of esters is 1. The Morgan fingerprint density at radius 2 is 1.75 bits per heavy atom. The number of phenolic OH excluding ortho intramolecular Hbond substituents is 1. The summed E-state index contributed by atoms with van der Waals surface area (Å²) < 4.78 is 24.5. The van der Waals surface area contributed by atoms with Crippen molar-refractivity contribution < 1.29 is 28.6 Å². The standard InChI is InChI=1S/C29H30FNO5/c1-35-27-15-19(9-14-26(27)32)16-28(33)31-23-7-4-6-21(17-23)20-10-12-24(13-11-20)36-29(34)18-22-5-2-3-8-25(22)30/h2-9,14-15,17,20,24,32H,10-13,16,18H2,1H3,(H,31,33). The molecule has 0 atom stereocenters. The van der Waals surface area contributed by atoms with Gasteiger partial charge in [-0.3, -0.25) is 9.59 Å². The van der Waals surface area contributed by atoms with E-state index in [-0.39, 0.29) is 30.6 Å². The molecule has 3 aromatic carbocycles. The van der Waals surface area contributed by atoms with Crippen LogP contribution < -0.4 is 10.1 Å². The molecule has 36 heavy (non-hydrogen) atoms. The SMILES string of the molecule is COc1cc(CC(=O)Nc2cccc(C3CCC(OC(=O)Cc4ccccc4F)CC3)c2)ccc1O. The average molecular weight is 492 g/mol. The molecule has 1 amide bonds. The van der Waals surface area contributed by atoms with Crippen molar-refractivity contribution in [2.75, 3.05) is 12.4 Å². The van der Waals surface area contributed by atoms with Gasteiger partial charge in [0, 0.05) is 5.69 Å². The topological polar surface area (TPSA) is 84.9 Å². The summed E-state index contributed by atoms with van der Waals surface area (Å²) in [5.74, 6) is -0.290. The number of phenols is 1. The van der Waals surface area contributed by atoms with Crippen molar-refractivity contribution in [2.24, 2.45) is 0 Å². The highest BCUT2D eigenvalue weighted by Gasteiger charge is 2.25. The summed E-state index contributed by atoms with van der Waals surface area (Å²) in [7, 11) is 1.47. The number of hydrogen-bond acceptors (Lipinski definition) is 5. The number of carbonyl (C=O) groups excluding carboxylic acids is 2. The minimum Gasteiger partial charge on any atom is -0.504 e. The molecule has 0 aliphatic heterocycles. The summed E-state index contributed by atoms with van der Waals surface area (Å²) >= 11 is 0. The molecule has 1 fully saturated rings. The van der Waals surface area contributed by atoms with Crippen molar-refractivity contribution in [3.63, 3.8) is 0 Å². The van der Waals surface area contributed by atoms with Crippen molar-refractivity contribution in [1.29, 1.82) is 0 Å². The lowest BCUT2D eigenvalue weighted by molar-refractivity contribution is -0.149. The maximum absolute atomic E-state index is 13.8. The van der Waals surface area contributed by atoms with Gasteiger partial charge in [-0.1, -0.05) is 36.4 Å². The molecular formula is C29H30FNO5. The van der Waals surface area contributed by atoms with Crippen molar-refractivity contribution in [2.45, 2.75) is 50.5 Å². The molecule has 7 heteroatoms. The maximum Gasteiger partial charge on any atom is 0.310 e. The summed E-state index contributed by atoms with van der Waals surface area (Å²) in [6.07, 6.45) is 3.14. The first-order valence-electron chi connectivity index (χ1n) is 12.1. The van der Waals surface area contributed by atoms with Gasteiger partial charge >= 0.3 is 5.97 Å². The second-order valence-electron chi connectivity index (χ2n) is 9.09. The minimum atomic E-state index is -0.403. The molecule has 0 heterocycles. The van der Waals surface area contributed by atoms with E-state index in [1.165, 1.54) is 19.2 Å². The normalized spacial score (nSPS) is 17.3. The van der Waals surface area contributed by atoms with Gasteiger partial charge < -0.3 is 19.9 Å². The van der Waals surface area contributed by atoms with Gasteiger partial charge in [0.1, 0.15) is 11.9 Å². The van der Waals surface area contributed by atoms with Gasteiger partial charge in [0.25, 0.3) is 0 Å². The van der Waals surface area contributed by atoms with Gasteiger partial charge in [-0.15, -0.1) is 0 Å². The molecule has 1 aliphatic rings. The second-order valence-corrected chi connectivity index (χ2v) is 9.09. The number of amides is 1. The molecule has 1 aliphatic carbocycles. The Morgan fingerprint density at radius 3 is 2.50 bits per heavy atom. The number of ether oxygens (including phenoxy) is 2. The first-order chi connectivity index (χ1) is 17.4. The van der Waals surface area contributed by atoms with Gasteiger partial charge in [0.05, 0.1) is 20.0 Å². The minimum absolute atomic E-state index is 0.0314. The largest absolute Gasteiger partial charge is 0.504 e. The monoisotopic (exact) mass is 491 g/mol. The third-order valence-electron chi connectivity index (χ3n) is 6.52. The fraction of sp³-hybridized carbons (Fsp3) is 0.310. The smallest absolute Gasteiger partial charge is 0.310 e. The van der Waals surface area contributed by atoms with E-state index in [0.717, 1.165) is 42.5 Å². The van der Waals surface area contributed by atoms with Crippen LogP contribution in [0, 0.1) is 5.82 Å². The molecule has 3 aromatic rings. The molecule has 2 N–H and O–H groups in total. The molecule has 4 rings (SSSR count). The first-order valence-corrected chi connectivity index (χ1v) is 12.1. The van der Waals surface area contributed by atoms with Crippen LogP contribution in [0.25, 0.3) is 0 Å². The van der Waals surface area contributed by atoms with E-state index in [2.05, 4.69) is 11.4 Å². The fourth-order valence-corrected chi connectivity index (χ4v) is 4.63. The van der Waals surface area contributed by atoms with Gasteiger partial charge in [0.2, 0.25) is 5.91 Å². The molecular weight excluding hydrogens is 461 g/mol. The van der Waals surface area contributed by atoms with Crippen molar-refractivity contribution >= 4 is 17.6 Å². The number of benzene rings is 3. The van der Waals surface area contributed by atoms with Crippen LogP contribution in [0.15, 0.2) is 66.7 Å². The lowest BCUT2D eigenvalue weighted by Gasteiger charge is -2.29. The fourth-order valence-electron chi connectivity index (χ4n) is 4.63. The predicted octanol–water partition coefficient (Wildman–Crippen LogP) is 5.53. The summed E-state index contributed by atoms with van der Waals surface area (Å²) in [6.45, 7) is 0. The molecule has 0 bridgehead atoms. The average Bonchev–Trinajstić information content (AvgIpc) is 2.87.